The average Bonchev–Trinajstić information content (AvgIpc) is 3.11. The van der Waals surface area contributed by atoms with Crippen molar-refractivity contribution in [2.45, 2.75) is 6.42 Å². The van der Waals surface area contributed by atoms with Crippen molar-refractivity contribution >= 4 is 33.5 Å². The molecular weight excluding hydrogens is 316 g/mol. The van der Waals surface area contributed by atoms with Gasteiger partial charge in [-0.15, -0.1) is 0 Å². The number of aryl methyl sites for hydroxylation is 2. The van der Waals surface area contributed by atoms with Gasteiger partial charge in [0.15, 0.2) is 0 Å². The van der Waals surface area contributed by atoms with Crippen molar-refractivity contribution in [1.82, 2.24) is 14.1 Å². The van der Waals surface area contributed by atoms with E-state index >= 15 is 0 Å². The van der Waals surface area contributed by atoms with Gasteiger partial charge in [-0.3, -0.25) is 13.9 Å². The van der Waals surface area contributed by atoms with Crippen LogP contribution in [-0.4, -0.2) is 20.0 Å². The van der Waals surface area contributed by atoms with Gasteiger partial charge in [0.05, 0.1) is 17.5 Å². The molecule has 6 nitrogen and oxygen atoms in total. The van der Waals surface area contributed by atoms with Crippen LogP contribution in [0.5, 0.6) is 0 Å². The maximum Gasteiger partial charge on any atom is 0.328 e. The van der Waals surface area contributed by atoms with Gasteiger partial charge in [0.1, 0.15) is 0 Å². The molecule has 0 aliphatic carbocycles. The van der Waals surface area contributed by atoms with Crippen LogP contribution in [0.1, 0.15) is 5.56 Å². The molecule has 0 aliphatic rings. The average molecular weight is 334 g/mol. The Morgan fingerprint density at radius 1 is 1.08 bits per heavy atom. The number of imidazole rings is 1. The Balaban J connectivity index is 1.59. The molecule has 2 aromatic carbocycles. The maximum absolute atomic E-state index is 12.4. The molecule has 6 heteroatoms. The lowest BCUT2D eigenvalue weighted by atomic mass is 10.1. The molecule has 0 saturated heterocycles. The van der Waals surface area contributed by atoms with Crippen molar-refractivity contribution in [2.24, 2.45) is 14.1 Å². The number of nitrogens with zero attached hydrogens (tertiary/aromatic N) is 2. The number of hydrogen-bond donors (Lipinski definition) is 2. The summed E-state index contributed by atoms with van der Waals surface area (Å²) in [7, 11) is 3.46. The van der Waals surface area contributed by atoms with E-state index in [1.54, 1.807) is 23.2 Å². The molecule has 2 N–H and O–H groups in total. The Hall–Kier alpha value is -3.28. The predicted molar refractivity (Wildman–Crippen MR) is 98.8 cm³/mol. The molecule has 0 fully saturated rings. The normalized spacial score (nSPS) is 11.3. The number of amides is 1. The third-order valence-electron chi connectivity index (χ3n) is 4.58. The molecule has 4 aromatic rings. The van der Waals surface area contributed by atoms with Gasteiger partial charge < -0.3 is 10.3 Å². The zero-order valence-corrected chi connectivity index (χ0v) is 14.0. The van der Waals surface area contributed by atoms with Crippen molar-refractivity contribution in [1.29, 1.82) is 0 Å². The summed E-state index contributed by atoms with van der Waals surface area (Å²) in [6, 6.07) is 13.4. The monoisotopic (exact) mass is 334 g/mol. The molecule has 0 unspecified atom stereocenters. The molecule has 0 bridgehead atoms. The van der Waals surface area contributed by atoms with E-state index < -0.39 is 0 Å². The summed E-state index contributed by atoms with van der Waals surface area (Å²) in [6.07, 6.45) is 2.16. The van der Waals surface area contributed by atoms with E-state index in [1.165, 1.54) is 0 Å². The summed E-state index contributed by atoms with van der Waals surface area (Å²) in [4.78, 5) is 27.6. The van der Waals surface area contributed by atoms with E-state index in [-0.39, 0.29) is 18.0 Å². The minimum Gasteiger partial charge on any atom is -0.361 e. The second-order valence-corrected chi connectivity index (χ2v) is 6.19. The van der Waals surface area contributed by atoms with Crippen molar-refractivity contribution in [2.75, 3.05) is 5.32 Å². The van der Waals surface area contributed by atoms with Gasteiger partial charge in [-0.25, -0.2) is 4.79 Å². The summed E-state index contributed by atoms with van der Waals surface area (Å²) in [5, 5.41) is 3.97. The van der Waals surface area contributed by atoms with Crippen LogP contribution in [0, 0.1) is 0 Å². The van der Waals surface area contributed by atoms with Gasteiger partial charge in [-0.05, 0) is 29.8 Å². The Morgan fingerprint density at radius 3 is 2.68 bits per heavy atom. The van der Waals surface area contributed by atoms with Crippen molar-refractivity contribution in [3.8, 4) is 0 Å². The second-order valence-electron chi connectivity index (χ2n) is 6.19. The number of carbonyl (C=O) groups excluding carboxylic acids is 1. The van der Waals surface area contributed by atoms with Crippen LogP contribution in [0.15, 0.2) is 53.5 Å². The van der Waals surface area contributed by atoms with Crippen LogP contribution < -0.4 is 11.0 Å². The number of carbonyl (C=O) groups is 1. The highest BCUT2D eigenvalue weighted by atomic mass is 16.2. The molecular formula is C19H18N4O2. The summed E-state index contributed by atoms with van der Waals surface area (Å²) < 4.78 is 3.16. The highest BCUT2D eigenvalue weighted by Crippen LogP contribution is 2.20. The van der Waals surface area contributed by atoms with E-state index in [9.17, 15) is 9.59 Å². The van der Waals surface area contributed by atoms with E-state index in [0.29, 0.717) is 5.69 Å². The maximum atomic E-state index is 12.4. The largest absolute Gasteiger partial charge is 0.361 e. The minimum absolute atomic E-state index is 0.0859. The van der Waals surface area contributed by atoms with Gasteiger partial charge in [-0.1, -0.05) is 18.2 Å². The zero-order valence-electron chi connectivity index (χ0n) is 14.0. The zero-order chi connectivity index (χ0) is 17.6. The van der Waals surface area contributed by atoms with Crippen molar-refractivity contribution < 1.29 is 4.79 Å². The first kappa shape index (κ1) is 15.3. The van der Waals surface area contributed by atoms with Gasteiger partial charge in [0.2, 0.25) is 5.91 Å². The fourth-order valence-electron chi connectivity index (χ4n) is 3.24. The first-order valence-corrected chi connectivity index (χ1v) is 8.05. The lowest BCUT2D eigenvalue weighted by molar-refractivity contribution is -0.115. The number of nitrogens with one attached hydrogen (secondary N) is 2. The van der Waals surface area contributed by atoms with Crippen LogP contribution in [0.4, 0.5) is 5.69 Å². The molecule has 4 rings (SSSR count). The number of rotatable bonds is 3. The highest BCUT2D eigenvalue weighted by Gasteiger charge is 2.11. The van der Waals surface area contributed by atoms with E-state index in [1.807, 2.05) is 48.7 Å². The van der Waals surface area contributed by atoms with Crippen LogP contribution in [0.2, 0.25) is 0 Å². The Morgan fingerprint density at radius 2 is 1.84 bits per heavy atom. The number of H-pyrrole nitrogens is 1. The molecule has 0 spiro atoms. The smallest absolute Gasteiger partial charge is 0.328 e. The Labute approximate surface area is 143 Å². The Bertz CT molecular complexity index is 1160. The van der Waals surface area contributed by atoms with Gasteiger partial charge in [0, 0.05) is 36.9 Å². The molecule has 0 aliphatic heterocycles. The van der Waals surface area contributed by atoms with E-state index in [0.717, 1.165) is 27.5 Å². The molecule has 1 amide bonds. The quantitative estimate of drug-likeness (QED) is 0.604. The topological polar surface area (TPSA) is 71.8 Å². The minimum atomic E-state index is -0.0926. The number of para-hydroxylation sites is 1. The summed E-state index contributed by atoms with van der Waals surface area (Å²) in [5.41, 5.74) is 4.20. The lowest BCUT2D eigenvalue weighted by Crippen LogP contribution is -2.19. The van der Waals surface area contributed by atoms with E-state index in [2.05, 4.69) is 10.3 Å². The number of anilines is 1. The standard InChI is InChI=1S/C19H18N4O2/c1-22-16-8-7-13(10-17(16)23(2)19(22)25)21-18(24)9-12-11-20-15-6-4-3-5-14(12)15/h3-8,10-11,20H,9H2,1-2H3,(H,21,24). The summed E-state index contributed by atoms with van der Waals surface area (Å²) >= 11 is 0. The van der Waals surface area contributed by atoms with Crippen LogP contribution >= 0.6 is 0 Å². The number of benzene rings is 2. The molecule has 0 saturated carbocycles. The first-order valence-electron chi connectivity index (χ1n) is 8.05. The number of aromatic amines is 1. The van der Waals surface area contributed by atoms with Crippen LogP contribution in [0.25, 0.3) is 21.9 Å². The van der Waals surface area contributed by atoms with Crippen molar-refractivity contribution in [3.05, 3.63) is 64.7 Å². The summed E-state index contributed by atoms with van der Waals surface area (Å²) in [6.45, 7) is 0. The third-order valence-corrected chi connectivity index (χ3v) is 4.58. The molecule has 2 heterocycles. The number of aromatic nitrogens is 3. The highest BCUT2D eigenvalue weighted by molar-refractivity contribution is 5.97. The van der Waals surface area contributed by atoms with Crippen LogP contribution in [0.3, 0.4) is 0 Å². The van der Waals surface area contributed by atoms with Gasteiger partial charge in [0.25, 0.3) is 0 Å². The second kappa shape index (κ2) is 5.66. The SMILES string of the molecule is Cn1c(=O)n(C)c2cc(NC(=O)Cc3c[nH]c4ccccc34)ccc21. The van der Waals surface area contributed by atoms with Gasteiger partial charge in [-0.2, -0.15) is 0 Å². The van der Waals surface area contributed by atoms with Gasteiger partial charge >= 0.3 is 5.69 Å². The fraction of sp³-hybridized carbons (Fsp3) is 0.158. The molecule has 2 aromatic heterocycles. The molecule has 0 radical (unpaired) electrons. The summed E-state index contributed by atoms with van der Waals surface area (Å²) in [5.74, 6) is -0.0926. The molecule has 126 valence electrons. The fourth-order valence-corrected chi connectivity index (χ4v) is 3.24. The van der Waals surface area contributed by atoms with Crippen molar-refractivity contribution in [3.63, 3.8) is 0 Å². The van der Waals surface area contributed by atoms with Crippen LogP contribution in [-0.2, 0) is 25.3 Å². The predicted octanol–water partition coefficient (Wildman–Crippen LogP) is 2.54. The van der Waals surface area contributed by atoms with E-state index in [4.69, 9.17) is 0 Å². The third kappa shape index (κ3) is 2.52. The Kier molecular flexibility index (Phi) is 3.46. The first-order chi connectivity index (χ1) is 12.0. The number of fused-ring (bicyclic) bond motifs is 2. The molecule has 25 heavy (non-hydrogen) atoms. The number of hydrogen-bond acceptors (Lipinski definition) is 2. The molecule has 0 atom stereocenters. The lowest BCUT2D eigenvalue weighted by Gasteiger charge is -2.06.